The first kappa shape index (κ1) is 11.8. The Balaban J connectivity index is 2.28. The Labute approximate surface area is 102 Å². The van der Waals surface area contributed by atoms with Gasteiger partial charge in [-0.3, -0.25) is 4.79 Å². The van der Waals surface area contributed by atoms with E-state index in [1.807, 2.05) is 0 Å². The van der Waals surface area contributed by atoms with E-state index in [-0.39, 0.29) is 17.0 Å². The standard InChI is InChI=1S/C12H10N2O4/c1-7-4-8(2-3-9(7)12(16)17)18-11-5-10(15)13-6-14-11/h2-6H,1H3,(H,16,17)(H,13,14,15). The van der Waals surface area contributed by atoms with Crippen LogP contribution in [-0.2, 0) is 0 Å². The van der Waals surface area contributed by atoms with Crippen LogP contribution < -0.4 is 10.3 Å². The molecule has 0 unspecified atom stereocenters. The van der Waals surface area contributed by atoms with E-state index in [1.54, 1.807) is 13.0 Å². The van der Waals surface area contributed by atoms with Crippen molar-refractivity contribution in [1.82, 2.24) is 9.97 Å². The van der Waals surface area contributed by atoms with Gasteiger partial charge in [0.25, 0.3) is 5.56 Å². The van der Waals surface area contributed by atoms with Gasteiger partial charge in [-0.05, 0) is 30.7 Å². The summed E-state index contributed by atoms with van der Waals surface area (Å²) >= 11 is 0. The van der Waals surface area contributed by atoms with Crippen LogP contribution >= 0.6 is 0 Å². The van der Waals surface area contributed by atoms with Gasteiger partial charge in [-0.1, -0.05) is 0 Å². The van der Waals surface area contributed by atoms with Gasteiger partial charge in [0.05, 0.1) is 18.0 Å². The van der Waals surface area contributed by atoms with Gasteiger partial charge in [0, 0.05) is 0 Å². The third kappa shape index (κ3) is 2.54. The van der Waals surface area contributed by atoms with Crippen molar-refractivity contribution in [2.75, 3.05) is 0 Å². The second kappa shape index (κ2) is 4.70. The lowest BCUT2D eigenvalue weighted by Crippen LogP contribution is -2.05. The van der Waals surface area contributed by atoms with Crippen molar-refractivity contribution in [3.05, 3.63) is 52.1 Å². The quantitative estimate of drug-likeness (QED) is 0.857. The number of nitrogens with one attached hydrogen (secondary N) is 1. The number of aromatic nitrogens is 2. The summed E-state index contributed by atoms with van der Waals surface area (Å²) in [5.74, 6) is -0.412. The Morgan fingerprint density at radius 1 is 1.39 bits per heavy atom. The predicted octanol–water partition coefficient (Wildman–Crippen LogP) is 1.57. The van der Waals surface area contributed by atoms with Crippen molar-refractivity contribution >= 4 is 5.97 Å². The molecule has 2 rings (SSSR count). The molecule has 0 atom stereocenters. The molecule has 1 heterocycles. The van der Waals surface area contributed by atoms with E-state index >= 15 is 0 Å². The highest BCUT2D eigenvalue weighted by atomic mass is 16.5. The average Bonchev–Trinajstić information content (AvgIpc) is 2.28. The number of carbonyl (C=O) groups is 1. The van der Waals surface area contributed by atoms with Gasteiger partial charge in [0.1, 0.15) is 5.75 Å². The van der Waals surface area contributed by atoms with E-state index in [1.165, 1.54) is 24.5 Å². The molecule has 0 bridgehead atoms. The highest BCUT2D eigenvalue weighted by Crippen LogP contribution is 2.21. The molecule has 6 heteroatoms. The van der Waals surface area contributed by atoms with Crippen LogP contribution in [0.2, 0.25) is 0 Å². The van der Waals surface area contributed by atoms with Gasteiger partial charge in [-0.2, -0.15) is 0 Å². The second-order valence-corrected chi connectivity index (χ2v) is 3.63. The van der Waals surface area contributed by atoms with Gasteiger partial charge >= 0.3 is 5.97 Å². The molecule has 2 aromatic rings. The summed E-state index contributed by atoms with van der Waals surface area (Å²) in [5, 5.41) is 8.88. The zero-order valence-corrected chi connectivity index (χ0v) is 9.51. The molecule has 1 aromatic carbocycles. The van der Waals surface area contributed by atoms with Crippen LogP contribution in [0.25, 0.3) is 0 Å². The summed E-state index contributed by atoms with van der Waals surface area (Å²) in [6, 6.07) is 5.74. The number of aromatic amines is 1. The molecule has 0 fully saturated rings. The molecular formula is C12H10N2O4. The molecule has 6 nitrogen and oxygen atoms in total. The first-order valence-corrected chi connectivity index (χ1v) is 5.13. The highest BCUT2D eigenvalue weighted by Gasteiger charge is 2.08. The van der Waals surface area contributed by atoms with E-state index in [9.17, 15) is 9.59 Å². The van der Waals surface area contributed by atoms with Gasteiger partial charge in [-0.15, -0.1) is 0 Å². The number of carboxylic acids is 1. The normalized spacial score (nSPS) is 10.1. The minimum absolute atomic E-state index is 0.154. The average molecular weight is 246 g/mol. The molecule has 0 saturated carbocycles. The van der Waals surface area contributed by atoms with Crippen LogP contribution in [0.15, 0.2) is 35.4 Å². The van der Waals surface area contributed by atoms with Crippen molar-refractivity contribution in [3.63, 3.8) is 0 Å². The van der Waals surface area contributed by atoms with Crippen molar-refractivity contribution in [3.8, 4) is 11.6 Å². The van der Waals surface area contributed by atoms with E-state index in [2.05, 4.69) is 9.97 Å². The monoisotopic (exact) mass is 246 g/mol. The number of hydrogen-bond donors (Lipinski definition) is 2. The lowest BCUT2D eigenvalue weighted by Gasteiger charge is -2.06. The van der Waals surface area contributed by atoms with Gasteiger partial charge in [0.15, 0.2) is 0 Å². The molecule has 92 valence electrons. The number of rotatable bonds is 3. The maximum absolute atomic E-state index is 11.0. The minimum atomic E-state index is -0.992. The topological polar surface area (TPSA) is 92.3 Å². The summed E-state index contributed by atoms with van der Waals surface area (Å²) in [5.41, 5.74) is 0.463. The lowest BCUT2D eigenvalue weighted by molar-refractivity contribution is 0.0696. The maximum Gasteiger partial charge on any atom is 0.335 e. The number of nitrogens with zero attached hydrogens (tertiary/aromatic N) is 1. The number of benzene rings is 1. The number of ether oxygens (including phenoxy) is 1. The summed E-state index contributed by atoms with van der Waals surface area (Å²) < 4.78 is 5.35. The summed E-state index contributed by atoms with van der Waals surface area (Å²) in [6.07, 6.45) is 1.23. The minimum Gasteiger partial charge on any atom is -0.478 e. The Bertz CT molecular complexity index is 649. The zero-order chi connectivity index (χ0) is 13.1. The Hall–Kier alpha value is -2.63. The van der Waals surface area contributed by atoms with Crippen molar-refractivity contribution in [2.45, 2.75) is 6.92 Å². The van der Waals surface area contributed by atoms with Crippen LogP contribution in [0, 0.1) is 6.92 Å². The fourth-order valence-electron chi connectivity index (χ4n) is 1.47. The van der Waals surface area contributed by atoms with Gasteiger partial charge in [0.2, 0.25) is 5.88 Å². The molecule has 0 aliphatic heterocycles. The number of aryl methyl sites for hydroxylation is 1. The van der Waals surface area contributed by atoms with E-state index < -0.39 is 5.97 Å². The Morgan fingerprint density at radius 3 is 2.78 bits per heavy atom. The van der Waals surface area contributed by atoms with Crippen LogP contribution in [0.3, 0.4) is 0 Å². The van der Waals surface area contributed by atoms with E-state index in [0.717, 1.165) is 0 Å². The molecule has 18 heavy (non-hydrogen) atoms. The molecule has 0 amide bonds. The smallest absolute Gasteiger partial charge is 0.335 e. The van der Waals surface area contributed by atoms with Crippen LogP contribution in [0.4, 0.5) is 0 Å². The molecule has 0 spiro atoms. The van der Waals surface area contributed by atoms with Crippen LogP contribution in [0.5, 0.6) is 11.6 Å². The number of H-pyrrole nitrogens is 1. The molecule has 2 N–H and O–H groups in total. The maximum atomic E-state index is 11.0. The molecule has 0 aliphatic rings. The SMILES string of the molecule is Cc1cc(Oc2cc(=O)[nH]cn2)ccc1C(=O)O. The predicted molar refractivity (Wildman–Crippen MR) is 63.1 cm³/mol. The number of carboxylic acid groups (broad SMARTS) is 1. The van der Waals surface area contributed by atoms with Crippen LogP contribution in [-0.4, -0.2) is 21.0 Å². The van der Waals surface area contributed by atoms with Gasteiger partial charge < -0.3 is 14.8 Å². The summed E-state index contributed by atoms with van der Waals surface area (Å²) in [4.78, 5) is 28.1. The van der Waals surface area contributed by atoms with E-state index in [0.29, 0.717) is 11.3 Å². The van der Waals surface area contributed by atoms with Crippen molar-refractivity contribution in [1.29, 1.82) is 0 Å². The number of aromatic carboxylic acids is 1. The molecule has 0 radical (unpaired) electrons. The number of hydrogen-bond acceptors (Lipinski definition) is 4. The highest BCUT2D eigenvalue weighted by molar-refractivity contribution is 5.89. The third-order valence-corrected chi connectivity index (χ3v) is 2.30. The molecular weight excluding hydrogens is 236 g/mol. The van der Waals surface area contributed by atoms with Crippen molar-refractivity contribution in [2.24, 2.45) is 0 Å². The first-order valence-electron chi connectivity index (χ1n) is 5.13. The second-order valence-electron chi connectivity index (χ2n) is 3.63. The fourth-order valence-corrected chi connectivity index (χ4v) is 1.47. The largest absolute Gasteiger partial charge is 0.478 e. The Morgan fingerprint density at radius 2 is 2.17 bits per heavy atom. The van der Waals surface area contributed by atoms with Crippen LogP contribution in [0.1, 0.15) is 15.9 Å². The molecule has 1 aromatic heterocycles. The van der Waals surface area contributed by atoms with E-state index in [4.69, 9.17) is 9.84 Å². The zero-order valence-electron chi connectivity index (χ0n) is 9.51. The fraction of sp³-hybridized carbons (Fsp3) is 0.0833. The first-order chi connectivity index (χ1) is 8.56. The summed E-state index contributed by atoms with van der Waals surface area (Å²) in [7, 11) is 0. The van der Waals surface area contributed by atoms with Crippen molar-refractivity contribution < 1.29 is 14.6 Å². The molecule has 0 saturated heterocycles. The molecule has 0 aliphatic carbocycles. The third-order valence-electron chi connectivity index (χ3n) is 2.30. The lowest BCUT2D eigenvalue weighted by atomic mass is 10.1. The summed E-state index contributed by atoms with van der Waals surface area (Å²) in [6.45, 7) is 1.67. The Kier molecular flexibility index (Phi) is 3.09. The van der Waals surface area contributed by atoms with Gasteiger partial charge in [-0.25, -0.2) is 9.78 Å².